The second kappa shape index (κ2) is 8.04. The number of hydrogen-bond acceptors (Lipinski definition) is 5. The van der Waals surface area contributed by atoms with Crippen LogP contribution in [0.4, 0.5) is 0 Å². The second-order valence-corrected chi connectivity index (χ2v) is 8.69. The molecule has 1 aliphatic heterocycles. The van der Waals surface area contributed by atoms with E-state index in [1.165, 1.54) is 29.6 Å². The fourth-order valence-electron chi connectivity index (χ4n) is 3.32. The number of carbonyl (C=O) groups is 1. The summed E-state index contributed by atoms with van der Waals surface area (Å²) in [6.45, 7) is 2.38. The molecule has 0 saturated carbocycles. The van der Waals surface area contributed by atoms with Crippen LogP contribution in [0, 0.1) is 0 Å². The number of rotatable bonds is 5. The molecular formula is C19H22ClNO5S. The summed E-state index contributed by atoms with van der Waals surface area (Å²) in [5.41, 5.74) is 0.204. The summed E-state index contributed by atoms with van der Waals surface area (Å²) in [6.07, 6.45) is 3.14. The van der Waals surface area contributed by atoms with Gasteiger partial charge in [-0.2, -0.15) is 4.31 Å². The Bertz CT molecular complexity index is 937. The third-order valence-electron chi connectivity index (χ3n) is 4.75. The van der Waals surface area contributed by atoms with E-state index in [0.717, 1.165) is 25.0 Å². The van der Waals surface area contributed by atoms with Gasteiger partial charge in [-0.05, 0) is 43.2 Å². The van der Waals surface area contributed by atoms with Gasteiger partial charge < -0.3 is 9.15 Å². The van der Waals surface area contributed by atoms with E-state index in [2.05, 4.69) is 4.74 Å². The molecule has 1 aromatic heterocycles. The Kier molecular flexibility index (Phi) is 5.93. The highest BCUT2D eigenvalue weighted by molar-refractivity contribution is 7.89. The van der Waals surface area contributed by atoms with E-state index < -0.39 is 16.0 Å². The van der Waals surface area contributed by atoms with Crippen molar-refractivity contribution in [3.63, 3.8) is 0 Å². The predicted octanol–water partition coefficient (Wildman–Crippen LogP) is 4.20. The molecule has 0 amide bonds. The van der Waals surface area contributed by atoms with E-state index in [-0.39, 0.29) is 21.5 Å². The van der Waals surface area contributed by atoms with Crippen molar-refractivity contribution in [2.45, 2.75) is 43.5 Å². The Morgan fingerprint density at radius 2 is 2.07 bits per heavy atom. The topological polar surface area (TPSA) is 76.8 Å². The molecule has 1 fully saturated rings. The standard InChI is InChI=1S/C19H22ClNO5S/c1-3-14-8-9-17(26-14)16-6-4-5-11-21(16)27(23,24)18-10-7-13(12-15(18)20)19(22)25-2/h7-10,12,16H,3-6,11H2,1-2H3. The van der Waals surface area contributed by atoms with Gasteiger partial charge in [-0.15, -0.1) is 0 Å². The first-order valence-corrected chi connectivity index (χ1v) is 10.7. The van der Waals surface area contributed by atoms with Crippen molar-refractivity contribution in [3.05, 3.63) is 52.4 Å². The fraction of sp³-hybridized carbons (Fsp3) is 0.421. The number of sulfonamides is 1. The minimum atomic E-state index is -3.85. The maximum absolute atomic E-state index is 13.3. The molecule has 2 heterocycles. The molecule has 27 heavy (non-hydrogen) atoms. The Balaban J connectivity index is 1.97. The molecule has 146 valence electrons. The number of methoxy groups -OCH3 is 1. The predicted molar refractivity (Wildman–Crippen MR) is 101 cm³/mol. The van der Waals surface area contributed by atoms with Crippen molar-refractivity contribution in [1.29, 1.82) is 0 Å². The molecule has 6 nitrogen and oxygen atoms in total. The first kappa shape index (κ1) is 19.9. The van der Waals surface area contributed by atoms with Crippen LogP contribution < -0.4 is 0 Å². The minimum absolute atomic E-state index is 0.00378. The normalized spacial score (nSPS) is 18.4. The minimum Gasteiger partial charge on any atom is -0.465 e. The molecule has 0 radical (unpaired) electrons. The highest BCUT2D eigenvalue weighted by atomic mass is 35.5. The third-order valence-corrected chi connectivity index (χ3v) is 7.14. The van der Waals surface area contributed by atoms with E-state index >= 15 is 0 Å². The maximum Gasteiger partial charge on any atom is 0.337 e. The lowest BCUT2D eigenvalue weighted by Crippen LogP contribution is -2.38. The Morgan fingerprint density at radius 3 is 2.70 bits per heavy atom. The summed E-state index contributed by atoms with van der Waals surface area (Å²) in [6, 6.07) is 7.45. The quantitative estimate of drug-likeness (QED) is 0.689. The van der Waals surface area contributed by atoms with E-state index in [1.54, 1.807) is 0 Å². The van der Waals surface area contributed by atoms with E-state index in [4.69, 9.17) is 16.0 Å². The molecule has 0 bridgehead atoms. The number of nitrogens with zero attached hydrogens (tertiary/aromatic N) is 1. The Morgan fingerprint density at radius 1 is 1.30 bits per heavy atom. The monoisotopic (exact) mass is 411 g/mol. The number of piperidine rings is 1. The van der Waals surface area contributed by atoms with Crippen LogP contribution in [0.15, 0.2) is 39.6 Å². The summed E-state index contributed by atoms with van der Waals surface area (Å²) in [7, 11) is -2.59. The van der Waals surface area contributed by atoms with Crippen LogP contribution >= 0.6 is 11.6 Å². The summed E-state index contributed by atoms with van der Waals surface area (Å²) >= 11 is 6.22. The molecule has 1 aromatic carbocycles. The van der Waals surface area contributed by atoms with Gasteiger partial charge in [-0.25, -0.2) is 13.2 Å². The molecule has 1 aliphatic rings. The SMILES string of the molecule is CCc1ccc(C2CCCCN2S(=O)(=O)c2ccc(C(=O)OC)cc2Cl)o1. The molecule has 8 heteroatoms. The number of ether oxygens (including phenoxy) is 1. The first-order chi connectivity index (χ1) is 12.9. The van der Waals surface area contributed by atoms with Crippen molar-refractivity contribution in [3.8, 4) is 0 Å². The van der Waals surface area contributed by atoms with Crippen LogP contribution in [0.5, 0.6) is 0 Å². The zero-order chi connectivity index (χ0) is 19.6. The van der Waals surface area contributed by atoms with Crippen LogP contribution in [0.2, 0.25) is 5.02 Å². The molecule has 0 spiro atoms. The summed E-state index contributed by atoms with van der Waals surface area (Å²) < 4.78 is 38.5. The van der Waals surface area contributed by atoms with E-state index in [0.29, 0.717) is 18.7 Å². The smallest absolute Gasteiger partial charge is 0.337 e. The van der Waals surface area contributed by atoms with E-state index in [1.807, 2.05) is 19.1 Å². The zero-order valence-corrected chi connectivity index (χ0v) is 16.8. The van der Waals surface area contributed by atoms with Crippen molar-refractivity contribution >= 4 is 27.6 Å². The molecule has 1 saturated heterocycles. The van der Waals surface area contributed by atoms with Crippen molar-refractivity contribution in [2.75, 3.05) is 13.7 Å². The lowest BCUT2D eigenvalue weighted by atomic mass is 10.0. The number of halogens is 1. The molecule has 0 aliphatic carbocycles. The molecule has 3 rings (SSSR count). The molecule has 1 unspecified atom stereocenters. The van der Waals surface area contributed by atoms with Crippen molar-refractivity contribution in [2.24, 2.45) is 0 Å². The largest absolute Gasteiger partial charge is 0.465 e. The van der Waals surface area contributed by atoms with Crippen LogP contribution in [0.25, 0.3) is 0 Å². The van der Waals surface area contributed by atoms with Gasteiger partial charge in [0.2, 0.25) is 10.0 Å². The van der Waals surface area contributed by atoms with Gasteiger partial charge >= 0.3 is 5.97 Å². The van der Waals surface area contributed by atoms with Crippen LogP contribution in [-0.2, 0) is 21.2 Å². The van der Waals surface area contributed by atoms with Crippen LogP contribution in [0.3, 0.4) is 0 Å². The van der Waals surface area contributed by atoms with Crippen LogP contribution in [0.1, 0.15) is 54.1 Å². The summed E-state index contributed by atoms with van der Waals surface area (Å²) in [5.74, 6) is 0.908. The average Bonchev–Trinajstić information content (AvgIpc) is 3.16. The highest BCUT2D eigenvalue weighted by Gasteiger charge is 2.37. The lowest BCUT2D eigenvalue weighted by Gasteiger charge is -2.33. The van der Waals surface area contributed by atoms with Gasteiger partial charge in [0.25, 0.3) is 0 Å². The maximum atomic E-state index is 13.3. The van der Waals surface area contributed by atoms with Gasteiger partial charge in [-0.3, -0.25) is 0 Å². The van der Waals surface area contributed by atoms with Gasteiger partial charge in [0, 0.05) is 13.0 Å². The van der Waals surface area contributed by atoms with Gasteiger partial charge in [0.15, 0.2) is 0 Å². The zero-order valence-electron chi connectivity index (χ0n) is 15.3. The number of esters is 1. The molecular weight excluding hydrogens is 390 g/mol. The second-order valence-electron chi connectivity index (χ2n) is 6.42. The lowest BCUT2D eigenvalue weighted by molar-refractivity contribution is 0.0600. The van der Waals surface area contributed by atoms with Gasteiger partial charge in [0.1, 0.15) is 16.4 Å². The third kappa shape index (κ3) is 3.90. The molecule has 2 aromatic rings. The molecule has 0 N–H and O–H groups in total. The van der Waals surface area contributed by atoms with Gasteiger partial charge in [0.05, 0.1) is 23.7 Å². The Labute approximate surface area is 164 Å². The number of carbonyl (C=O) groups excluding carboxylic acids is 1. The number of aryl methyl sites for hydroxylation is 1. The average molecular weight is 412 g/mol. The van der Waals surface area contributed by atoms with Gasteiger partial charge in [-0.1, -0.05) is 24.9 Å². The van der Waals surface area contributed by atoms with Crippen molar-refractivity contribution in [1.82, 2.24) is 4.31 Å². The fourth-order valence-corrected chi connectivity index (χ4v) is 5.51. The van der Waals surface area contributed by atoms with Crippen molar-refractivity contribution < 1.29 is 22.4 Å². The number of furan rings is 1. The number of hydrogen-bond donors (Lipinski definition) is 0. The first-order valence-electron chi connectivity index (χ1n) is 8.86. The van der Waals surface area contributed by atoms with E-state index in [9.17, 15) is 13.2 Å². The van der Waals surface area contributed by atoms with Crippen LogP contribution in [-0.4, -0.2) is 32.3 Å². The highest BCUT2D eigenvalue weighted by Crippen LogP contribution is 2.38. The number of benzene rings is 1. The Hall–Kier alpha value is -1.83. The molecule has 1 atom stereocenters. The summed E-state index contributed by atoms with van der Waals surface area (Å²) in [4.78, 5) is 11.6. The summed E-state index contributed by atoms with van der Waals surface area (Å²) in [5, 5.41) is -0.00378.